The third-order valence-corrected chi connectivity index (χ3v) is 5.75. The van der Waals surface area contributed by atoms with Gasteiger partial charge in [-0.25, -0.2) is 4.68 Å². The van der Waals surface area contributed by atoms with Gasteiger partial charge in [-0.2, -0.15) is 13.2 Å². The molecule has 0 unspecified atom stereocenters. The first kappa shape index (κ1) is 26.8. The number of nitrogens with one attached hydrogen (secondary N) is 2. The van der Waals surface area contributed by atoms with E-state index < -0.39 is 17.6 Å². The Hall–Kier alpha value is -4.25. The lowest BCUT2D eigenvalue weighted by atomic mass is 10.0. The molecule has 4 rings (SSSR count). The number of aromatic nitrogens is 4. The summed E-state index contributed by atoms with van der Waals surface area (Å²) in [5.41, 5.74) is 2.57. The third kappa shape index (κ3) is 6.35. The molecule has 0 fully saturated rings. The number of anilines is 1. The van der Waals surface area contributed by atoms with Crippen molar-refractivity contribution in [2.45, 2.75) is 39.5 Å². The molecule has 0 aliphatic rings. The molecule has 8 nitrogen and oxygen atoms in total. The Morgan fingerprint density at radius 1 is 1.11 bits per heavy atom. The number of carbonyl (C=O) groups is 1. The van der Waals surface area contributed by atoms with Crippen LogP contribution >= 0.6 is 0 Å². The summed E-state index contributed by atoms with van der Waals surface area (Å²) >= 11 is 0. The van der Waals surface area contributed by atoms with E-state index in [0.29, 0.717) is 33.9 Å². The third-order valence-electron chi connectivity index (χ3n) is 5.75. The molecule has 1 amide bonds. The van der Waals surface area contributed by atoms with Crippen molar-refractivity contribution in [3.05, 3.63) is 83.3 Å². The van der Waals surface area contributed by atoms with Crippen LogP contribution in [0, 0.1) is 6.92 Å². The van der Waals surface area contributed by atoms with Gasteiger partial charge >= 0.3 is 6.18 Å². The minimum atomic E-state index is -4.58. The zero-order valence-electron chi connectivity index (χ0n) is 21.3. The van der Waals surface area contributed by atoms with Crippen LogP contribution in [0.1, 0.15) is 40.9 Å². The smallest absolute Gasteiger partial charge is 0.416 e. The molecular formula is C27H27F3N6O2. The zero-order chi connectivity index (χ0) is 27.4. The van der Waals surface area contributed by atoms with Gasteiger partial charge in [0.25, 0.3) is 5.91 Å². The van der Waals surface area contributed by atoms with Gasteiger partial charge in [0.1, 0.15) is 11.4 Å². The number of ether oxygens (including phenoxy) is 1. The lowest BCUT2D eigenvalue weighted by Crippen LogP contribution is -2.23. The topological polar surface area (TPSA) is 94.0 Å². The average Bonchev–Trinajstić information content (AvgIpc) is 3.38. The highest BCUT2D eigenvalue weighted by atomic mass is 19.4. The molecule has 0 spiro atoms. The highest BCUT2D eigenvalue weighted by Gasteiger charge is 2.31. The fourth-order valence-electron chi connectivity index (χ4n) is 3.73. The first-order chi connectivity index (χ1) is 18.0. The van der Waals surface area contributed by atoms with E-state index in [-0.39, 0.29) is 18.2 Å². The lowest BCUT2D eigenvalue weighted by Gasteiger charge is -2.15. The van der Waals surface area contributed by atoms with Crippen LogP contribution in [-0.2, 0) is 12.7 Å². The lowest BCUT2D eigenvalue weighted by molar-refractivity contribution is -0.137. The molecule has 198 valence electrons. The van der Waals surface area contributed by atoms with Crippen molar-refractivity contribution in [2.75, 3.05) is 12.4 Å². The summed E-state index contributed by atoms with van der Waals surface area (Å²) in [5, 5.41) is 14.2. The Bertz CT molecular complexity index is 1450. The zero-order valence-corrected chi connectivity index (χ0v) is 21.3. The highest BCUT2D eigenvalue weighted by Crippen LogP contribution is 2.31. The summed E-state index contributed by atoms with van der Waals surface area (Å²) in [6.45, 7) is 5.86. The fourth-order valence-corrected chi connectivity index (χ4v) is 3.73. The molecule has 38 heavy (non-hydrogen) atoms. The van der Waals surface area contributed by atoms with Crippen LogP contribution in [0.4, 0.5) is 18.9 Å². The Labute approximate surface area is 217 Å². The van der Waals surface area contributed by atoms with Crippen LogP contribution in [0.25, 0.3) is 16.9 Å². The SMILES string of the molecule is COc1cncc(-c2cn(-c3cc(NC(=O)c4cc(CNC(C)C)cc(C(F)(F)F)c4)ccc3C)nn2)c1. The summed E-state index contributed by atoms with van der Waals surface area (Å²) in [4.78, 5) is 17.1. The van der Waals surface area contributed by atoms with Crippen molar-refractivity contribution in [2.24, 2.45) is 0 Å². The number of carbonyl (C=O) groups excluding carboxylic acids is 1. The fraction of sp³-hybridized carbons (Fsp3) is 0.259. The normalized spacial score (nSPS) is 11.6. The average molecular weight is 525 g/mol. The number of hydrogen-bond donors (Lipinski definition) is 2. The number of halogens is 3. The predicted molar refractivity (Wildman–Crippen MR) is 137 cm³/mol. The summed E-state index contributed by atoms with van der Waals surface area (Å²) in [6, 6.07) is 10.4. The molecule has 4 aromatic rings. The van der Waals surface area contributed by atoms with Gasteiger partial charge in [-0.3, -0.25) is 9.78 Å². The molecule has 2 N–H and O–H groups in total. The second-order valence-electron chi connectivity index (χ2n) is 9.07. The van der Waals surface area contributed by atoms with Gasteiger partial charge in [0.15, 0.2) is 0 Å². The molecule has 0 saturated carbocycles. The van der Waals surface area contributed by atoms with Crippen LogP contribution in [0.15, 0.2) is 61.1 Å². The maximum Gasteiger partial charge on any atom is 0.416 e. The summed E-state index contributed by atoms with van der Waals surface area (Å²) < 4.78 is 47.3. The van der Waals surface area contributed by atoms with Crippen molar-refractivity contribution in [1.29, 1.82) is 0 Å². The van der Waals surface area contributed by atoms with Crippen LogP contribution in [0.2, 0.25) is 0 Å². The Kier molecular flexibility index (Phi) is 7.77. The van der Waals surface area contributed by atoms with Gasteiger partial charge < -0.3 is 15.4 Å². The molecule has 2 aromatic heterocycles. The summed E-state index contributed by atoms with van der Waals surface area (Å²) in [6.07, 6.45) is 0.354. The monoisotopic (exact) mass is 524 g/mol. The van der Waals surface area contributed by atoms with E-state index in [9.17, 15) is 18.0 Å². The van der Waals surface area contributed by atoms with E-state index in [2.05, 4.69) is 25.9 Å². The van der Waals surface area contributed by atoms with E-state index in [1.807, 2.05) is 20.8 Å². The minimum Gasteiger partial charge on any atom is -0.495 e. The van der Waals surface area contributed by atoms with E-state index in [4.69, 9.17) is 4.74 Å². The number of rotatable bonds is 8. The van der Waals surface area contributed by atoms with E-state index in [0.717, 1.165) is 17.7 Å². The van der Waals surface area contributed by atoms with Crippen LogP contribution < -0.4 is 15.4 Å². The minimum absolute atomic E-state index is 0.0743. The maximum atomic E-state index is 13.5. The van der Waals surface area contributed by atoms with E-state index >= 15 is 0 Å². The van der Waals surface area contributed by atoms with Gasteiger partial charge in [0, 0.05) is 35.6 Å². The van der Waals surface area contributed by atoms with Crippen molar-refractivity contribution in [3.63, 3.8) is 0 Å². The Morgan fingerprint density at radius 2 is 1.89 bits per heavy atom. The van der Waals surface area contributed by atoms with Gasteiger partial charge in [-0.15, -0.1) is 5.10 Å². The molecule has 2 heterocycles. The molecule has 2 aromatic carbocycles. The van der Waals surface area contributed by atoms with Crippen LogP contribution in [0.3, 0.4) is 0 Å². The number of nitrogens with zero attached hydrogens (tertiary/aromatic N) is 4. The largest absolute Gasteiger partial charge is 0.495 e. The molecule has 0 bridgehead atoms. The highest BCUT2D eigenvalue weighted by molar-refractivity contribution is 6.04. The molecule has 11 heteroatoms. The molecule has 0 aliphatic carbocycles. The van der Waals surface area contributed by atoms with Crippen molar-refractivity contribution < 1.29 is 22.7 Å². The van der Waals surface area contributed by atoms with Crippen LogP contribution in [0.5, 0.6) is 5.75 Å². The molecule has 0 atom stereocenters. The van der Waals surface area contributed by atoms with Gasteiger partial charge in [0.05, 0.1) is 30.8 Å². The number of amides is 1. The number of alkyl halides is 3. The number of methoxy groups -OCH3 is 1. The van der Waals surface area contributed by atoms with Crippen LogP contribution in [-0.4, -0.2) is 39.0 Å². The Morgan fingerprint density at radius 3 is 2.61 bits per heavy atom. The second-order valence-corrected chi connectivity index (χ2v) is 9.07. The number of benzene rings is 2. The van der Waals surface area contributed by atoms with Crippen molar-refractivity contribution in [3.8, 4) is 22.7 Å². The molecule has 0 saturated heterocycles. The van der Waals surface area contributed by atoms with Gasteiger partial charge in [0.2, 0.25) is 0 Å². The van der Waals surface area contributed by atoms with Crippen molar-refractivity contribution in [1.82, 2.24) is 25.3 Å². The van der Waals surface area contributed by atoms with Gasteiger partial charge in [-0.05, 0) is 54.4 Å². The first-order valence-electron chi connectivity index (χ1n) is 11.8. The van der Waals surface area contributed by atoms with Gasteiger partial charge in [-0.1, -0.05) is 25.1 Å². The standard InChI is InChI=1S/C27H27F3N6O2/c1-16(2)32-12-18-7-19(9-21(8-18)27(28,29)30)26(37)33-22-6-5-17(3)25(11-22)36-15-24(34-35-36)20-10-23(38-4)14-31-13-20/h5-11,13-16,32H,12H2,1-4H3,(H,33,37). The molecule has 0 radical (unpaired) electrons. The summed E-state index contributed by atoms with van der Waals surface area (Å²) in [5.74, 6) is -0.0749. The number of pyridine rings is 1. The van der Waals surface area contributed by atoms with E-state index in [1.54, 1.807) is 54.6 Å². The van der Waals surface area contributed by atoms with E-state index in [1.165, 1.54) is 6.07 Å². The molecule has 0 aliphatic heterocycles. The quantitative estimate of drug-likeness (QED) is 0.320. The number of hydrogen-bond acceptors (Lipinski definition) is 6. The maximum absolute atomic E-state index is 13.5. The predicted octanol–water partition coefficient (Wildman–Crippen LogP) is 5.42. The second kappa shape index (κ2) is 11.0. The Balaban J connectivity index is 1.60. The molecular weight excluding hydrogens is 497 g/mol. The van der Waals surface area contributed by atoms with Crippen molar-refractivity contribution >= 4 is 11.6 Å². The first-order valence-corrected chi connectivity index (χ1v) is 11.8. The summed E-state index contributed by atoms with van der Waals surface area (Å²) in [7, 11) is 1.55. The number of aryl methyl sites for hydroxylation is 1.